The van der Waals surface area contributed by atoms with Crippen molar-refractivity contribution in [1.82, 2.24) is 0 Å². The number of alkyl halides is 1. The molecule has 0 aromatic heterocycles. The minimum atomic E-state index is -0.332. The first-order chi connectivity index (χ1) is 6.65. The van der Waals surface area contributed by atoms with Gasteiger partial charge in [0.2, 0.25) is 5.91 Å². The Hall–Kier alpha value is -0.900. The van der Waals surface area contributed by atoms with Gasteiger partial charge in [-0.25, -0.2) is 4.39 Å². The molecule has 0 unspecified atom stereocenters. The number of benzene rings is 1. The lowest BCUT2D eigenvalue weighted by Crippen LogP contribution is -2.26. The number of halogens is 2. The van der Waals surface area contributed by atoms with Crippen molar-refractivity contribution in [3.63, 3.8) is 0 Å². The monoisotopic (exact) mass is 259 g/mol. The Morgan fingerprint density at radius 1 is 1.57 bits per heavy atom. The van der Waals surface area contributed by atoms with E-state index in [-0.39, 0.29) is 11.7 Å². The Labute approximate surface area is 90.8 Å². The van der Waals surface area contributed by atoms with E-state index < -0.39 is 0 Å². The number of anilines is 1. The first-order valence-corrected chi connectivity index (χ1v) is 5.35. The molecule has 2 nitrogen and oxygen atoms in total. The molecule has 1 aromatic carbocycles. The van der Waals surface area contributed by atoms with E-state index in [0.717, 1.165) is 0 Å². The van der Waals surface area contributed by atoms with Gasteiger partial charge >= 0.3 is 0 Å². The lowest BCUT2D eigenvalue weighted by atomic mass is 10.2. The van der Waals surface area contributed by atoms with Crippen molar-refractivity contribution in [1.29, 1.82) is 0 Å². The second-order valence-corrected chi connectivity index (χ2v) is 3.66. The van der Waals surface area contributed by atoms with Crippen LogP contribution in [-0.4, -0.2) is 18.3 Å². The van der Waals surface area contributed by atoms with Crippen LogP contribution in [0.4, 0.5) is 10.1 Å². The second kappa shape index (κ2) is 5.10. The van der Waals surface area contributed by atoms with E-state index in [0.29, 0.717) is 17.4 Å². The average Bonchev–Trinajstić information content (AvgIpc) is 2.17. The third-order valence-corrected chi connectivity index (χ3v) is 2.27. The van der Waals surface area contributed by atoms with Crippen molar-refractivity contribution in [3.8, 4) is 0 Å². The van der Waals surface area contributed by atoms with Gasteiger partial charge in [-0.15, -0.1) is 0 Å². The Morgan fingerprint density at radius 2 is 2.29 bits per heavy atom. The molecule has 0 atom stereocenters. The van der Waals surface area contributed by atoms with Crippen molar-refractivity contribution in [2.75, 3.05) is 17.3 Å². The lowest BCUT2D eigenvalue weighted by Gasteiger charge is -2.16. The van der Waals surface area contributed by atoms with E-state index >= 15 is 0 Å². The molecule has 0 heterocycles. The molecule has 0 N–H and O–H groups in total. The maximum atomic E-state index is 12.8. The van der Waals surface area contributed by atoms with Gasteiger partial charge in [0.15, 0.2) is 0 Å². The van der Waals surface area contributed by atoms with E-state index in [4.69, 9.17) is 0 Å². The van der Waals surface area contributed by atoms with Gasteiger partial charge in [0.05, 0.1) is 0 Å². The van der Waals surface area contributed by atoms with Crippen LogP contribution in [0.15, 0.2) is 24.3 Å². The van der Waals surface area contributed by atoms with Crippen LogP contribution < -0.4 is 4.90 Å². The fraction of sp³-hybridized carbons (Fsp3) is 0.300. The molecule has 1 rings (SSSR count). The quantitative estimate of drug-likeness (QED) is 0.765. The molecule has 14 heavy (non-hydrogen) atoms. The molecule has 4 heteroatoms. The Bertz CT molecular complexity index is 330. The normalized spacial score (nSPS) is 9.93. The van der Waals surface area contributed by atoms with E-state index in [1.54, 1.807) is 19.2 Å². The minimum Gasteiger partial charge on any atom is -0.315 e. The van der Waals surface area contributed by atoms with E-state index in [2.05, 4.69) is 15.9 Å². The van der Waals surface area contributed by atoms with Gasteiger partial charge in [0.25, 0.3) is 0 Å². The van der Waals surface area contributed by atoms with Crippen molar-refractivity contribution >= 4 is 27.5 Å². The van der Waals surface area contributed by atoms with Crippen LogP contribution in [-0.2, 0) is 4.79 Å². The summed E-state index contributed by atoms with van der Waals surface area (Å²) in [5.41, 5.74) is 0.580. The average molecular weight is 260 g/mol. The molecule has 0 aliphatic rings. The summed E-state index contributed by atoms with van der Waals surface area (Å²) in [5.74, 6) is -0.367. The maximum Gasteiger partial charge on any atom is 0.227 e. The molecular weight excluding hydrogens is 249 g/mol. The Kier molecular flexibility index (Phi) is 4.07. The van der Waals surface area contributed by atoms with Crippen LogP contribution in [0, 0.1) is 5.82 Å². The van der Waals surface area contributed by atoms with Gasteiger partial charge in [0.1, 0.15) is 5.82 Å². The number of hydrogen-bond donors (Lipinski definition) is 0. The van der Waals surface area contributed by atoms with Gasteiger partial charge in [-0.05, 0) is 18.2 Å². The van der Waals surface area contributed by atoms with Crippen molar-refractivity contribution in [2.45, 2.75) is 6.42 Å². The zero-order valence-electron chi connectivity index (χ0n) is 7.84. The maximum absolute atomic E-state index is 12.8. The van der Waals surface area contributed by atoms with Crippen LogP contribution in [0.2, 0.25) is 0 Å². The van der Waals surface area contributed by atoms with E-state index in [9.17, 15) is 9.18 Å². The first-order valence-electron chi connectivity index (χ1n) is 4.23. The molecule has 0 fully saturated rings. The van der Waals surface area contributed by atoms with Gasteiger partial charge in [-0.1, -0.05) is 22.0 Å². The fourth-order valence-electron chi connectivity index (χ4n) is 1.08. The molecule has 0 radical (unpaired) electrons. The molecule has 0 bridgehead atoms. The summed E-state index contributed by atoms with van der Waals surface area (Å²) in [7, 11) is 1.64. The molecule has 0 saturated heterocycles. The highest BCUT2D eigenvalue weighted by molar-refractivity contribution is 9.09. The third kappa shape index (κ3) is 2.80. The van der Waals surface area contributed by atoms with E-state index in [1.807, 2.05) is 0 Å². The number of hydrogen-bond acceptors (Lipinski definition) is 1. The highest BCUT2D eigenvalue weighted by Gasteiger charge is 2.09. The number of amides is 1. The van der Waals surface area contributed by atoms with Crippen LogP contribution in [0.5, 0.6) is 0 Å². The van der Waals surface area contributed by atoms with Crippen molar-refractivity contribution in [3.05, 3.63) is 30.1 Å². The Morgan fingerprint density at radius 3 is 2.86 bits per heavy atom. The summed E-state index contributed by atoms with van der Waals surface area (Å²) in [4.78, 5) is 12.9. The van der Waals surface area contributed by atoms with Crippen LogP contribution in [0.3, 0.4) is 0 Å². The fourth-order valence-corrected chi connectivity index (χ4v) is 1.42. The topological polar surface area (TPSA) is 20.3 Å². The highest BCUT2D eigenvalue weighted by Crippen LogP contribution is 2.14. The highest BCUT2D eigenvalue weighted by atomic mass is 79.9. The summed E-state index contributed by atoms with van der Waals surface area (Å²) in [5, 5.41) is 0.617. The lowest BCUT2D eigenvalue weighted by molar-refractivity contribution is -0.117. The summed E-state index contributed by atoms with van der Waals surface area (Å²) >= 11 is 3.18. The first kappa shape index (κ1) is 11.2. The van der Waals surface area contributed by atoms with Gasteiger partial charge < -0.3 is 4.90 Å². The number of rotatable bonds is 3. The summed E-state index contributed by atoms with van der Waals surface area (Å²) in [6, 6.07) is 5.98. The SMILES string of the molecule is CN(C(=O)CCBr)c1cccc(F)c1. The van der Waals surface area contributed by atoms with Crippen LogP contribution in [0.25, 0.3) is 0 Å². The predicted molar refractivity (Wildman–Crippen MR) is 58.2 cm³/mol. The number of nitrogens with zero attached hydrogens (tertiary/aromatic N) is 1. The number of carbonyl (C=O) groups is 1. The molecular formula is C10H11BrFNO. The summed E-state index contributed by atoms with van der Waals surface area (Å²) in [6.45, 7) is 0. The van der Waals surface area contributed by atoms with Crippen LogP contribution in [0.1, 0.15) is 6.42 Å². The van der Waals surface area contributed by atoms with Crippen molar-refractivity contribution < 1.29 is 9.18 Å². The standard InChI is InChI=1S/C10H11BrFNO/c1-13(10(14)5-6-11)9-4-2-3-8(12)7-9/h2-4,7H,5-6H2,1H3. The molecule has 0 saturated carbocycles. The molecule has 0 aliphatic heterocycles. The minimum absolute atomic E-state index is 0.0347. The van der Waals surface area contributed by atoms with E-state index in [1.165, 1.54) is 17.0 Å². The molecule has 0 aliphatic carbocycles. The summed E-state index contributed by atoms with van der Waals surface area (Å²) in [6.07, 6.45) is 0.410. The Balaban J connectivity index is 2.78. The third-order valence-electron chi connectivity index (χ3n) is 1.88. The van der Waals surface area contributed by atoms with Gasteiger partial charge in [-0.2, -0.15) is 0 Å². The van der Waals surface area contributed by atoms with Gasteiger partial charge in [-0.3, -0.25) is 4.79 Å². The predicted octanol–water partition coefficient (Wildman–Crippen LogP) is 2.57. The second-order valence-electron chi connectivity index (χ2n) is 2.87. The molecule has 76 valence electrons. The zero-order valence-corrected chi connectivity index (χ0v) is 9.42. The van der Waals surface area contributed by atoms with Crippen molar-refractivity contribution in [2.24, 2.45) is 0 Å². The van der Waals surface area contributed by atoms with Gasteiger partial charge in [0, 0.05) is 24.5 Å². The molecule has 1 amide bonds. The molecule has 0 spiro atoms. The smallest absolute Gasteiger partial charge is 0.227 e. The summed E-state index contributed by atoms with van der Waals surface area (Å²) < 4.78 is 12.8. The van der Waals surface area contributed by atoms with Crippen LogP contribution >= 0.6 is 15.9 Å². The zero-order chi connectivity index (χ0) is 10.6. The molecule has 1 aromatic rings. The largest absolute Gasteiger partial charge is 0.315 e. The number of carbonyl (C=O) groups excluding carboxylic acids is 1.